The normalized spacial score (nSPS) is 46.0. The van der Waals surface area contributed by atoms with E-state index in [0.29, 0.717) is 29.0 Å². The Morgan fingerprint density at radius 1 is 1.37 bits per heavy atom. The topological polar surface area (TPSA) is 17.1 Å². The van der Waals surface area contributed by atoms with E-state index in [1.54, 1.807) is 0 Å². The summed E-state index contributed by atoms with van der Waals surface area (Å²) in [5.74, 6) is 2.74. The molecule has 3 rings (SSSR count). The number of hydrogen-bond donors (Lipinski definition) is 0. The maximum atomic E-state index is 12.5. The second kappa shape index (κ2) is 4.61. The van der Waals surface area contributed by atoms with E-state index in [4.69, 9.17) is 0 Å². The summed E-state index contributed by atoms with van der Waals surface area (Å²) in [6.07, 6.45) is 11.4. The molecular weight excluding hydrogens is 232 g/mol. The van der Waals surface area contributed by atoms with Crippen molar-refractivity contribution in [2.45, 2.75) is 52.4 Å². The van der Waals surface area contributed by atoms with Gasteiger partial charge in [-0.3, -0.25) is 4.79 Å². The molecule has 2 saturated carbocycles. The Kier molecular flexibility index (Phi) is 3.19. The van der Waals surface area contributed by atoms with E-state index in [9.17, 15) is 4.79 Å². The number of carbonyl (C=O) groups is 1. The predicted molar refractivity (Wildman–Crippen MR) is 78.7 cm³/mol. The van der Waals surface area contributed by atoms with Crippen LogP contribution in [0, 0.1) is 29.1 Å². The fourth-order valence-corrected chi connectivity index (χ4v) is 5.13. The van der Waals surface area contributed by atoms with Crippen molar-refractivity contribution in [1.82, 2.24) is 0 Å². The molecule has 19 heavy (non-hydrogen) atoms. The van der Waals surface area contributed by atoms with Crippen LogP contribution in [-0.2, 0) is 4.79 Å². The molecule has 3 aliphatic rings. The number of Topliss-reactive ketones (excluding diaryl/α,β-unsaturated/α-hetero) is 1. The zero-order valence-corrected chi connectivity index (χ0v) is 12.3. The van der Waals surface area contributed by atoms with Gasteiger partial charge in [0.1, 0.15) is 0 Å². The van der Waals surface area contributed by atoms with Crippen molar-refractivity contribution < 1.29 is 4.79 Å². The lowest BCUT2D eigenvalue weighted by Gasteiger charge is -2.54. The Morgan fingerprint density at radius 2 is 2.16 bits per heavy atom. The highest BCUT2D eigenvalue weighted by Gasteiger charge is 2.52. The van der Waals surface area contributed by atoms with Gasteiger partial charge in [-0.05, 0) is 53.9 Å². The maximum absolute atomic E-state index is 12.5. The van der Waals surface area contributed by atoms with Crippen molar-refractivity contribution in [3.63, 3.8) is 0 Å². The molecule has 5 atom stereocenters. The van der Waals surface area contributed by atoms with Gasteiger partial charge in [0.25, 0.3) is 0 Å². The van der Waals surface area contributed by atoms with E-state index < -0.39 is 0 Å². The molecule has 0 saturated heterocycles. The van der Waals surface area contributed by atoms with Crippen molar-refractivity contribution >= 4 is 5.78 Å². The van der Waals surface area contributed by atoms with Crippen molar-refractivity contribution in [2.24, 2.45) is 29.1 Å². The van der Waals surface area contributed by atoms with Crippen LogP contribution in [0.4, 0.5) is 0 Å². The number of allylic oxidation sites excluding steroid dienone is 3. The highest BCUT2D eigenvalue weighted by atomic mass is 16.1. The Morgan fingerprint density at radius 3 is 2.89 bits per heavy atom. The van der Waals surface area contributed by atoms with E-state index in [2.05, 4.69) is 26.5 Å². The molecule has 0 N–H and O–H groups in total. The number of rotatable bonds is 1. The van der Waals surface area contributed by atoms with Gasteiger partial charge in [-0.1, -0.05) is 38.8 Å². The molecule has 0 aromatic carbocycles. The van der Waals surface area contributed by atoms with Crippen LogP contribution >= 0.6 is 0 Å². The number of hydrogen-bond acceptors (Lipinski definition) is 1. The lowest BCUT2D eigenvalue weighted by Crippen LogP contribution is -2.49. The summed E-state index contributed by atoms with van der Waals surface area (Å²) in [5, 5.41) is 0. The van der Waals surface area contributed by atoms with E-state index in [1.807, 2.05) is 6.08 Å². The minimum absolute atomic E-state index is 0.379. The van der Waals surface area contributed by atoms with E-state index >= 15 is 0 Å². The maximum Gasteiger partial charge on any atom is 0.159 e. The minimum atomic E-state index is 0.379. The summed E-state index contributed by atoms with van der Waals surface area (Å²) in [7, 11) is 0. The molecule has 3 aliphatic carbocycles. The molecule has 0 bridgehead atoms. The second-order valence-electron chi connectivity index (χ2n) is 7.26. The van der Waals surface area contributed by atoms with Crippen LogP contribution in [0.2, 0.25) is 0 Å². The van der Waals surface area contributed by atoms with Gasteiger partial charge in [-0.2, -0.15) is 0 Å². The third kappa shape index (κ3) is 1.93. The number of ketones is 1. The van der Waals surface area contributed by atoms with Crippen LogP contribution in [0.15, 0.2) is 24.3 Å². The Balaban J connectivity index is 1.99. The van der Waals surface area contributed by atoms with Gasteiger partial charge in [-0.15, -0.1) is 6.58 Å². The first-order chi connectivity index (χ1) is 9.06. The Hall–Kier alpha value is -0.850. The van der Waals surface area contributed by atoms with Gasteiger partial charge >= 0.3 is 0 Å². The molecule has 0 radical (unpaired) electrons. The lowest BCUT2D eigenvalue weighted by molar-refractivity contribution is -0.126. The molecule has 0 amide bonds. The molecule has 104 valence electrons. The quantitative estimate of drug-likeness (QED) is 0.631. The molecule has 0 heterocycles. The van der Waals surface area contributed by atoms with Crippen LogP contribution < -0.4 is 0 Å². The number of carbonyl (C=O) groups excluding carboxylic acids is 1. The van der Waals surface area contributed by atoms with E-state index in [0.717, 1.165) is 17.9 Å². The molecule has 5 unspecified atom stereocenters. The summed E-state index contributed by atoms with van der Waals surface area (Å²) in [5.41, 5.74) is 1.54. The van der Waals surface area contributed by atoms with Crippen LogP contribution in [0.3, 0.4) is 0 Å². The van der Waals surface area contributed by atoms with E-state index in [-0.39, 0.29) is 0 Å². The summed E-state index contributed by atoms with van der Waals surface area (Å²) >= 11 is 0. The molecule has 1 nitrogen and oxygen atoms in total. The smallest absolute Gasteiger partial charge is 0.159 e. The standard InChI is InChI=1S/C18H26O/c1-4-13-7-8-15-14(10-13)17(19)11-16-12(2)6-5-9-18(15,16)3/h4,10,12-13,15-16H,1,5-9,11H2,2-3H3. The zero-order chi connectivity index (χ0) is 13.6. The van der Waals surface area contributed by atoms with Gasteiger partial charge in [0.2, 0.25) is 0 Å². The van der Waals surface area contributed by atoms with Crippen molar-refractivity contribution in [3.05, 3.63) is 24.3 Å². The molecule has 2 fully saturated rings. The first-order valence-electron chi connectivity index (χ1n) is 7.93. The SMILES string of the molecule is C=CC1C=C2C(=O)CC3C(C)CCCC3(C)C2CC1. The first-order valence-corrected chi connectivity index (χ1v) is 7.93. The van der Waals surface area contributed by atoms with Gasteiger partial charge in [0, 0.05) is 6.42 Å². The summed E-state index contributed by atoms with van der Waals surface area (Å²) in [6, 6.07) is 0. The average Bonchev–Trinajstić information content (AvgIpc) is 2.41. The third-order valence-electron chi connectivity index (χ3n) is 6.29. The number of fused-ring (bicyclic) bond motifs is 3. The summed E-state index contributed by atoms with van der Waals surface area (Å²) in [6.45, 7) is 8.73. The first kappa shape index (κ1) is 13.1. The van der Waals surface area contributed by atoms with Crippen molar-refractivity contribution in [1.29, 1.82) is 0 Å². The Bertz CT molecular complexity index is 433. The van der Waals surface area contributed by atoms with Gasteiger partial charge in [0.15, 0.2) is 5.78 Å². The molecule has 0 aromatic rings. The predicted octanol–water partition coefficient (Wildman–Crippen LogP) is 4.54. The zero-order valence-electron chi connectivity index (χ0n) is 12.3. The van der Waals surface area contributed by atoms with Crippen LogP contribution in [0.1, 0.15) is 52.4 Å². The fraction of sp³-hybridized carbons (Fsp3) is 0.722. The van der Waals surface area contributed by atoms with Crippen LogP contribution in [0.5, 0.6) is 0 Å². The molecule has 0 aromatic heterocycles. The summed E-state index contributed by atoms with van der Waals surface area (Å²) < 4.78 is 0. The molecule has 0 aliphatic heterocycles. The molecule has 1 heteroatoms. The van der Waals surface area contributed by atoms with Gasteiger partial charge in [0.05, 0.1) is 0 Å². The van der Waals surface area contributed by atoms with Crippen LogP contribution in [-0.4, -0.2) is 5.78 Å². The Labute approximate surface area is 117 Å². The van der Waals surface area contributed by atoms with Gasteiger partial charge in [-0.25, -0.2) is 0 Å². The van der Waals surface area contributed by atoms with Crippen molar-refractivity contribution in [2.75, 3.05) is 0 Å². The van der Waals surface area contributed by atoms with E-state index in [1.165, 1.54) is 32.1 Å². The third-order valence-corrected chi connectivity index (χ3v) is 6.29. The highest BCUT2D eigenvalue weighted by molar-refractivity contribution is 5.97. The van der Waals surface area contributed by atoms with Crippen molar-refractivity contribution in [3.8, 4) is 0 Å². The fourth-order valence-electron chi connectivity index (χ4n) is 5.13. The summed E-state index contributed by atoms with van der Waals surface area (Å²) in [4.78, 5) is 12.5. The lowest BCUT2D eigenvalue weighted by atomic mass is 9.49. The highest BCUT2D eigenvalue weighted by Crippen LogP contribution is 2.58. The minimum Gasteiger partial charge on any atom is -0.295 e. The molecular formula is C18H26O. The van der Waals surface area contributed by atoms with Gasteiger partial charge < -0.3 is 0 Å². The largest absolute Gasteiger partial charge is 0.295 e. The second-order valence-corrected chi connectivity index (χ2v) is 7.26. The monoisotopic (exact) mass is 258 g/mol. The molecule has 0 spiro atoms. The van der Waals surface area contributed by atoms with Crippen LogP contribution in [0.25, 0.3) is 0 Å². The average molecular weight is 258 g/mol.